The molecule has 0 saturated heterocycles. The van der Waals surface area contributed by atoms with E-state index in [1.165, 1.54) is 36.4 Å². The highest BCUT2D eigenvalue weighted by Crippen LogP contribution is 2.28. The molecule has 1 aliphatic rings. The van der Waals surface area contributed by atoms with Crippen LogP contribution in [0, 0.1) is 0 Å². The second kappa shape index (κ2) is 6.59. The van der Waals surface area contributed by atoms with Crippen LogP contribution >= 0.6 is 23.1 Å². The summed E-state index contributed by atoms with van der Waals surface area (Å²) < 4.78 is 0. The van der Waals surface area contributed by atoms with Crippen LogP contribution in [0.25, 0.3) is 0 Å². The SMILES string of the molecule is CSC1CCCC(NCc2nc(C(C)(C)C)cs2)C1. The van der Waals surface area contributed by atoms with Crippen molar-refractivity contribution in [3.63, 3.8) is 0 Å². The highest BCUT2D eigenvalue weighted by atomic mass is 32.2. The van der Waals surface area contributed by atoms with E-state index in [0.29, 0.717) is 6.04 Å². The number of nitrogens with zero attached hydrogens (tertiary/aromatic N) is 1. The van der Waals surface area contributed by atoms with Crippen molar-refractivity contribution >= 4 is 23.1 Å². The number of rotatable bonds is 4. The van der Waals surface area contributed by atoms with Gasteiger partial charge >= 0.3 is 0 Å². The van der Waals surface area contributed by atoms with E-state index in [9.17, 15) is 0 Å². The molecule has 0 bridgehead atoms. The molecule has 0 aliphatic heterocycles. The fourth-order valence-electron chi connectivity index (χ4n) is 2.51. The van der Waals surface area contributed by atoms with Crippen molar-refractivity contribution in [1.29, 1.82) is 0 Å². The van der Waals surface area contributed by atoms with Crippen molar-refractivity contribution in [2.75, 3.05) is 6.26 Å². The monoisotopic (exact) mass is 298 g/mol. The summed E-state index contributed by atoms with van der Waals surface area (Å²) >= 11 is 3.82. The molecule has 1 aromatic rings. The Hall–Kier alpha value is -0.0600. The molecule has 2 atom stereocenters. The van der Waals surface area contributed by atoms with Crippen LogP contribution in [0.4, 0.5) is 0 Å². The summed E-state index contributed by atoms with van der Waals surface area (Å²) in [5.41, 5.74) is 1.39. The predicted molar refractivity (Wildman–Crippen MR) is 87.2 cm³/mol. The molecule has 1 N–H and O–H groups in total. The van der Waals surface area contributed by atoms with Crippen LogP contribution in [0.3, 0.4) is 0 Å². The van der Waals surface area contributed by atoms with Crippen LogP contribution in [0.2, 0.25) is 0 Å². The molecular weight excluding hydrogens is 272 g/mol. The van der Waals surface area contributed by atoms with Gasteiger partial charge in [0.2, 0.25) is 0 Å². The molecule has 0 spiro atoms. The second-order valence-electron chi connectivity index (χ2n) is 6.48. The van der Waals surface area contributed by atoms with E-state index < -0.39 is 0 Å². The summed E-state index contributed by atoms with van der Waals surface area (Å²) in [6, 6.07) is 0.688. The fourth-order valence-corrected chi connectivity index (χ4v) is 4.31. The van der Waals surface area contributed by atoms with Crippen LogP contribution in [0.1, 0.15) is 57.2 Å². The Balaban J connectivity index is 1.83. The van der Waals surface area contributed by atoms with E-state index in [1.54, 1.807) is 11.3 Å². The van der Waals surface area contributed by atoms with Gasteiger partial charge in [0, 0.05) is 28.6 Å². The lowest BCUT2D eigenvalue weighted by atomic mass is 9.93. The summed E-state index contributed by atoms with van der Waals surface area (Å²) in [5, 5.41) is 8.00. The standard InChI is InChI=1S/C15H26N2S2/c1-15(2,3)13-10-19-14(17-13)9-16-11-6-5-7-12(8-11)18-4/h10-12,16H,5-9H2,1-4H3. The van der Waals surface area contributed by atoms with Crippen LogP contribution in [-0.2, 0) is 12.0 Å². The van der Waals surface area contributed by atoms with Gasteiger partial charge in [-0.2, -0.15) is 11.8 Å². The van der Waals surface area contributed by atoms with Crippen molar-refractivity contribution in [2.45, 2.75) is 69.7 Å². The van der Waals surface area contributed by atoms with Gasteiger partial charge in [-0.15, -0.1) is 11.3 Å². The number of thiazole rings is 1. The number of hydrogen-bond acceptors (Lipinski definition) is 4. The number of hydrogen-bond donors (Lipinski definition) is 1. The van der Waals surface area contributed by atoms with E-state index in [-0.39, 0.29) is 5.41 Å². The topological polar surface area (TPSA) is 24.9 Å². The summed E-state index contributed by atoms with van der Waals surface area (Å²) in [7, 11) is 0. The zero-order valence-corrected chi connectivity index (χ0v) is 14.2. The van der Waals surface area contributed by atoms with E-state index in [0.717, 1.165) is 11.8 Å². The first kappa shape index (κ1) is 15.3. The zero-order chi connectivity index (χ0) is 13.9. The first-order valence-corrected chi connectivity index (χ1v) is 9.37. The van der Waals surface area contributed by atoms with E-state index in [4.69, 9.17) is 4.98 Å². The third-order valence-corrected chi connectivity index (χ3v) is 5.77. The average molecular weight is 299 g/mol. The minimum Gasteiger partial charge on any atom is -0.308 e. The van der Waals surface area contributed by atoms with E-state index >= 15 is 0 Å². The first-order valence-electron chi connectivity index (χ1n) is 7.20. The van der Waals surface area contributed by atoms with Crippen LogP contribution < -0.4 is 5.32 Å². The molecule has 0 aromatic carbocycles. The molecule has 1 saturated carbocycles. The number of nitrogens with one attached hydrogen (secondary N) is 1. The molecule has 108 valence electrons. The maximum atomic E-state index is 4.76. The lowest BCUT2D eigenvalue weighted by molar-refractivity contribution is 0.379. The molecule has 4 heteroatoms. The Morgan fingerprint density at radius 1 is 1.42 bits per heavy atom. The molecule has 2 unspecified atom stereocenters. The minimum absolute atomic E-state index is 0.170. The lowest BCUT2D eigenvalue weighted by Gasteiger charge is -2.28. The number of aromatic nitrogens is 1. The average Bonchev–Trinajstić information content (AvgIpc) is 2.85. The van der Waals surface area contributed by atoms with Crippen molar-refractivity contribution in [1.82, 2.24) is 10.3 Å². The quantitative estimate of drug-likeness (QED) is 0.901. The normalized spacial score (nSPS) is 24.6. The largest absolute Gasteiger partial charge is 0.308 e. The summed E-state index contributed by atoms with van der Waals surface area (Å²) in [6.07, 6.45) is 7.65. The zero-order valence-electron chi connectivity index (χ0n) is 12.5. The Morgan fingerprint density at radius 2 is 2.21 bits per heavy atom. The molecule has 1 fully saturated rings. The van der Waals surface area contributed by atoms with Crippen molar-refractivity contribution in [3.05, 3.63) is 16.1 Å². The van der Waals surface area contributed by atoms with Gasteiger partial charge in [0.15, 0.2) is 0 Å². The van der Waals surface area contributed by atoms with Crippen LogP contribution in [-0.4, -0.2) is 22.5 Å². The van der Waals surface area contributed by atoms with Crippen LogP contribution in [0.5, 0.6) is 0 Å². The van der Waals surface area contributed by atoms with Crippen molar-refractivity contribution < 1.29 is 0 Å². The van der Waals surface area contributed by atoms with E-state index in [1.807, 2.05) is 11.8 Å². The van der Waals surface area contributed by atoms with Gasteiger partial charge in [-0.3, -0.25) is 0 Å². The molecule has 1 aromatic heterocycles. The molecule has 1 heterocycles. The van der Waals surface area contributed by atoms with E-state index in [2.05, 4.69) is 37.7 Å². The fraction of sp³-hybridized carbons (Fsp3) is 0.800. The Kier molecular flexibility index (Phi) is 5.32. The van der Waals surface area contributed by atoms with Gasteiger partial charge in [0.25, 0.3) is 0 Å². The summed E-state index contributed by atoms with van der Waals surface area (Å²) in [5.74, 6) is 0. The predicted octanol–water partition coefficient (Wildman–Crippen LogP) is 4.20. The van der Waals surface area contributed by atoms with Gasteiger partial charge in [0.1, 0.15) is 5.01 Å². The third-order valence-electron chi connectivity index (χ3n) is 3.82. The molecule has 2 nitrogen and oxygen atoms in total. The maximum absolute atomic E-state index is 4.76. The van der Waals surface area contributed by atoms with Crippen molar-refractivity contribution in [2.24, 2.45) is 0 Å². The summed E-state index contributed by atoms with van der Waals surface area (Å²) in [4.78, 5) is 4.76. The van der Waals surface area contributed by atoms with Gasteiger partial charge in [-0.25, -0.2) is 4.98 Å². The highest BCUT2D eigenvalue weighted by Gasteiger charge is 2.21. The van der Waals surface area contributed by atoms with Gasteiger partial charge in [-0.05, 0) is 25.5 Å². The molecular formula is C15H26N2S2. The minimum atomic E-state index is 0.170. The Morgan fingerprint density at radius 3 is 2.84 bits per heavy atom. The Bertz CT molecular complexity index is 395. The molecule has 1 aliphatic carbocycles. The lowest BCUT2D eigenvalue weighted by Crippen LogP contribution is -2.34. The van der Waals surface area contributed by atoms with Gasteiger partial charge < -0.3 is 5.32 Å². The number of thioether (sulfide) groups is 1. The Labute approximate surface area is 125 Å². The molecule has 0 radical (unpaired) electrons. The maximum Gasteiger partial charge on any atom is 0.107 e. The first-order chi connectivity index (χ1) is 8.99. The third kappa shape index (κ3) is 4.47. The summed E-state index contributed by atoms with van der Waals surface area (Å²) in [6.45, 7) is 7.61. The molecule has 19 heavy (non-hydrogen) atoms. The van der Waals surface area contributed by atoms with Crippen LogP contribution in [0.15, 0.2) is 5.38 Å². The molecule has 2 rings (SSSR count). The molecule has 0 amide bonds. The highest BCUT2D eigenvalue weighted by molar-refractivity contribution is 7.99. The second-order valence-corrected chi connectivity index (χ2v) is 8.56. The van der Waals surface area contributed by atoms with Gasteiger partial charge in [-0.1, -0.05) is 27.2 Å². The smallest absolute Gasteiger partial charge is 0.107 e. The van der Waals surface area contributed by atoms with Gasteiger partial charge in [0.05, 0.1) is 5.69 Å². The van der Waals surface area contributed by atoms with Crippen molar-refractivity contribution in [3.8, 4) is 0 Å².